The van der Waals surface area contributed by atoms with Gasteiger partial charge in [-0.1, -0.05) is 24.3 Å². The van der Waals surface area contributed by atoms with Gasteiger partial charge in [-0.25, -0.2) is 0 Å². The maximum atomic E-state index is 9.93. The Bertz CT molecular complexity index is 471. The molecule has 2 rings (SSSR count). The number of para-hydroxylation sites is 1. The zero-order chi connectivity index (χ0) is 12.1. The Morgan fingerprint density at radius 3 is 2.53 bits per heavy atom. The van der Waals surface area contributed by atoms with Gasteiger partial charge in [-0.3, -0.25) is 4.98 Å². The van der Waals surface area contributed by atoms with Crippen molar-refractivity contribution in [1.29, 1.82) is 0 Å². The molecule has 3 heteroatoms. The van der Waals surface area contributed by atoms with Crippen molar-refractivity contribution in [3.8, 4) is 5.75 Å². The number of nitrogens with zero attached hydrogens (tertiary/aromatic N) is 1. The smallest absolute Gasteiger partial charge is 0.118 e. The predicted molar refractivity (Wildman–Crippen MR) is 65.6 cm³/mol. The fourth-order valence-electron chi connectivity index (χ4n) is 1.74. The number of hydrogen-bond donors (Lipinski definition) is 2. The first-order chi connectivity index (χ1) is 8.27. The lowest BCUT2D eigenvalue weighted by molar-refractivity contribution is 0.163. The van der Waals surface area contributed by atoms with E-state index in [-0.39, 0.29) is 5.75 Å². The molecule has 0 bridgehead atoms. The van der Waals surface area contributed by atoms with Gasteiger partial charge < -0.3 is 10.2 Å². The highest BCUT2D eigenvalue weighted by molar-refractivity contribution is 5.31. The number of aromatic hydroxyl groups is 1. The maximum Gasteiger partial charge on any atom is 0.118 e. The summed E-state index contributed by atoms with van der Waals surface area (Å²) in [5.41, 5.74) is 1.52. The quantitative estimate of drug-likeness (QED) is 0.846. The highest BCUT2D eigenvalue weighted by Crippen LogP contribution is 2.21. The molecule has 1 aromatic heterocycles. The molecule has 0 saturated heterocycles. The minimum atomic E-state index is -0.587. The molecular weight excluding hydrogens is 214 g/mol. The zero-order valence-electron chi connectivity index (χ0n) is 9.45. The van der Waals surface area contributed by atoms with E-state index >= 15 is 0 Å². The van der Waals surface area contributed by atoms with Crippen LogP contribution in [0.2, 0.25) is 0 Å². The van der Waals surface area contributed by atoms with Crippen LogP contribution in [0.5, 0.6) is 5.75 Å². The van der Waals surface area contributed by atoms with Crippen molar-refractivity contribution in [3.63, 3.8) is 0 Å². The lowest BCUT2D eigenvalue weighted by Crippen LogP contribution is -2.01. The third kappa shape index (κ3) is 3.04. The number of aliphatic hydroxyl groups excluding tert-OH is 1. The fraction of sp³-hybridized carbons (Fsp3) is 0.214. The van der Waals surface area contributed by atoms with Crippen molar-refractivity contribution >= 4 is 0 Å². The molecule has 1 unspecified atom stereocenters. The van der Waals surface area contributed by atoms with Crippen molar-refractivity contribution in [2.75, 3.05) is 0 Å². The third-order valence-corrected chi connectivity index (χ3v) is 2.71. The second kappa shape index (κ2) is 5.46. The minimum Gasteiger partial charge on any atom is -0.508 e. The van der Waals surface area contributed by atoms with Gasteiger partial charge in [0.05, 0.1) is 11.8 Å². The SMILES string of the molecule is Oc1ccccc1CCC(O)c1ccccn1. The van der Waals surface area contributed by atoms with Crippen LogP contribution in [0.25, 0.3) is 0 Å². The van der Waals surface area contributed by atoms with E-state index in [0.29, 0.717) is 18.5 Å². The van der Waals surface area contributed by atoms with Gasteiger partial charge in [0.25, 0.3) is 0 Å². The minimum absolute atomic E-state index is 0.278. The van der Waals surface area contributed by atoms with Crippen molar-refractivity contribution in [2.24, 2.45) is 0 Å². The summed E-state index contributed by atoms with van der Waals surface area (Å²) in [6, 6.07) is 12.7. The Balaban J connectivity index is 1.97. The summed E-state index contributed by atoms with van der Waals surface area (Å²) in [5.74, 6) is 0.278. The summed E-state index contributed by atoms with van der Waals surface area (Å²) in [4.78, 5) is 4.10. The van der Waals surface area contributed by atoms with Gasteiger partial charge in [0.2, 0.25) is 0 Å². The van der Waals surface area contributed by atoms with Crippen molar-refractivity contribution < 1.29 is 10.2 Å². The largest absolute Gasteiger partial charge is 0.508 e. The number of aromatic nitrogens is 1. The van der Waals surface area contributed by atoms with Crippen LogP contribution in [0, 0.1) is 0 Å². The molecule has 0 radical (unpaired) electrons. The Morgan fingerprint density at radius 2 is 1.82 bits per heavy atom. The summed E-state index contributed by atoms with van der Waals surface area (Å²) in [5, 5.41) is 19.5. The standard InChI is InChI=1S/C14H15NO2/c16-13-7-2-1-5-11(13)8-9-14(17)12-6-3-4-10-15-12/h1-7,10,14,16-17H,8-9H2. The van der Waals surface area contributed by atoms with E-state index in [2.05, 4.69) is 4.98 Å². The average Bonchev–Trinajstić information content (AvgIpc) is 2.38. The molecule has 3 nitrogen and oxygen atoms in total. The molecule has 0 saturated carbocycles. The molecular formula is C14H15NO2. The lowest BCUT2D eigenvalue weighted by Gasteiger charge is -2.10. The van der Waals surface area contributed by atoms with Gasteiger partial charge >= 0.3 is 0 Å². The summed E-state index contributed by atoms with van der Waals surface area (Å²) in [6.45, 7) is 0. The molecule has 2 aromatic rings. The van der Waals surface area contributed by atoms with E-state index in [1.165, 1.54) is 0 Å². The van der Waals surface area contributed by atoms with Crippen LogP contribution in [-0.4, -0.2) is 15.2 Å². The first-order valence-corrected chi connectivity index (χ1v) is 5.63. The number of aliphatic hydroxyl groups is 1. The first kappa shape index (κ1) is 11.6. The van der Waals surface area contributed by atoms with Gasteiger partial charge in [0, 0.05) is 6.20 Å². The van der Waals surface area contributed by atoms with Gasteiger partial charge in [-0.15, -0.1) is 0 Å². The van der Waals surface area contributed by atoms with Crippen LogP contribution in [0.15, 0.2) is 48.7 Å². The van der Waals surface area contributed by atoms with E-state index in [9.17, 15) is 10.2 Å². The Labute approximate surface area is 100 Å². The molecule has 1 heterocycles. The Kier molecular flexibility index (Phi) is 3.73. The second-order valence-electron chi connectivity index (χ2n) is 3.94. The van der Waals surface area contributed by atoms with Crippen LogP contribution in [-0.2, 0) is 6.42 Å². The van der Waals surface area contributed by atoms with Gasteiger partial charge in [0.15, 0.2) is 0 Å². The summed E-state index contributed by atoms with van der Waals surface area (Å²) in [7, 11) is 0. The highest BCUT2D eigenvalue weighted by Gasteiger charge is 2.09. The van der Waals surface area contributed by atoms with Crippen LogP contribution < -0.4 is 0 Å². The molecule has 0 aliphatic rings. The van der Waals surface area contributed by atoms with Crippen LogP contribution in [0.3, 0.4) is 0 Å². The molecule has 88 valence electrons. The number of hydrogen-bond acceptors (Lipinski definition) is 3. The van der Waals surface area contributed by atoms with E-state index < -0.39 is 6.10 Å². The zero-order valence-corrected chi connectivity index (χ0v) is 9.45. The summed E-state index contributed by atoms with van der Waals surface area (Å²) < 4.78 is 0. The fourth-order valence-corrected chi connectivity index (χ4v) is 1.74. The predicted octanol–water partition coefficient (Wildman–Crippen LogP) is 2.45. The molecule has 1 atom stereocenters. The van der Waals surface area contributed by atoms with E-state index in [0.717, 1.165) is 5.56 Å². The number of pyridine rings is 1. The highest BCUT2D eigenvalue weighted by atomic mass is 16.3. The number of aryl methyl sites for hydroxylation is 1. The third-order valence-electron chi connectivity index (χ3n) is 2.71. The Morgan fingerprint density at radius 1 is 1.06 bits per heavy atom. The molecule has 1 aromatic carbocycles. The Hall–Kier alpha value is -1.87. The van der Waals surface area contributed by atoms with E-state index in [4.69, 9.17) is 0 Å². The summed E-state index contributed by atoms with van der Waals surface area (Å²) >= 11 is 0. The number of benzene rings is 1. The van der Waals surface area contributed by atoms with E-state index in [1.54, 1.807) is 24.4 Å². The van der Waals surface area contributed by atoms with Gasteiger partial charge in [0.1, 0.15) is 5.75 Å². The van der Waals surface area contributed by atoms with E-state index in [1.807, 2.05) is 24.3 Å². The molecule has 0 aliphatic heterocycles. The van der Waals surface area contributed by atoms with Crippen LogP contribution >= 0.6 is 0 Å². The van der Waals surface area contributed by atoms with Crippen molar-refractivity contribution in [1.82, 2.24) is 4.98 Å². The maximum absolute atomic E-state index is 9.93. The topological polar surface area (TPSA) is 53.4 Å². The molecule has 0 fully saturated rings. The van der Waals surface area contributed by atoms with Gasteiger partial charge in [-0.2, -0.15) is 0 Å². The monoisotopic (exact) mass is 229 g/mol. The van der Waals surface area contributed by atoms with Crippen molar-refractivity contribution in [3.05, 3.63) is 59.9 Å². The lowest BCUT2D eigenvalue weighted by atomic mass is 10.0. The summed E-state index contributed by atoms with van der Waals surface area (Å²) in [6.07, 6.45) is 2.26. The first-order valence-electron chi connectivity index (χ1n) is 5.63. The van der Waals surface area contributed by atoms with Crippen LogP contribution in [0.4, 0.5) is 0 Å². The molecule has 0 spiro atoms. The molecule has 0 aliphatic carbocycles. The van der Waals surface area contributed by atoms with Crippen LogP contribution in [0.1, 0.15) is 23.8 Å². The van der Waals surface area contributed by atoms with Crippen molar-refractivity contribution in [2.45, 2.75) is 18.9 Å². The average molecular weight is 229 g/mol. The normalized spacial score (nSPS) is 12.3. The molecule has 17 heavy (non-hydrogen) atoms. The molecule has 0 amide bonds. The number of phenols is 1. The second-order valence-corrected chi connectivity index (χ2v) is 3.94. The van der Waals surface area contributed by atoms with Gasteiger partial charge in [-0.05, 0) is 36.6 Å². The number of rotatable bonds is 4. The number of phenolic OH excluding ortho intramolecular Hbond substituents is 1. The molecule has 2 N–H and O–H groups in total.